The van der Waals surface area contributed by atoms with Crippen LogP contribution in [0.3, 0.4) is 0 Å². The number of para-hydroxylation sites is 1. The zero-order valence-electron chi connectivity index (χ0n) is 19.3. The van der Waals surface area contributed by atoms with Gasteiger partial charge in [0, 0.05) is 0 Å². The Morgan fingerprint density at radius 3 is 2.37 bits per heavy atom. The number of fused-ring (bicyclic) bond motifs is 3. The molecule has 0 saturated heterocycles. The first kappa shape index (κ1) is 21.2. The van der Waals surface area contributed by atoms with Crippen molar-refractivity contribution in [3.8, 4) is 11.3 Å². The Balaban J connectivity index is 1.91. The van der Waals surface area contributed by atoms with Crippen LogP contribution in [0.25, 0.3) is 33.2 Å². The van der Waals surface area contributed by atoms with Gasteiger partial charge >= 0.3 is 183 Å². The van der Waals surface area contributed by atoms with E-state index in [0.717, 1.165) is 28.8 Å². The van der Waals surface area contributed by atoms with Crippen molar-refractivity contribution in [1.82, 2.24) is 4.98 Å². The van der Waals surface area contributed by atoms with Crippen LogP contribution in [-0.4, -0.2) is 18.3 Å². The van der Waals surface area contributed by atoms with Crippen LogP contribution in [0.5, 0.6) is 0 Å². The molecule has 2 heterocycles. The molecule has 0 fully saturated rings. The van der Waals surface area contributed by atoms with Crippen molar-refractivity contribution in [3.63, 3.8) is 0 Å². The summed E-state index contributed by atoms with van der Waals surface area (Å²) in [5.74, 6) is 8.46. The zero-order valence-corrected chi connectivity index (χ0v) is 21.4. The molecule has 0 bridgehead atoms. The first-order valence-corrected chi connectivity index (χ1v) is 18.4. The molecule has 0 amide bonds. The molecule has 2 aromatic carbocycles. The number of aromatic nitrogens is 1. The molecule has 0 aliphatic rings. The molecule has 0 atom stereocenters. The van der Waals surface area contributed by atoms with Crippen LogP contribution in [-0.2, 0) is 6.42 Å². The maximum absolute atomic E-state index is 6.42. The number of benzene rings is 2. The van der Waals surface area contributed by atoms with E-state index in [4.69, 9.17) is 9.40 Å². The number of hydrogen-bond donors (Lipinski definition) is 0. The maximum atomic E-state index is 6.42. The fourth-order valence-corrected chi connectivity index (χ4v) is 7.64. The van der Waals surface area contributed by atoms with E-state index in [1.807, 2.05) is 0 Å². The van der Waals surface area contributed by atoms with Crippen LogP contribution in [0.1, 0.15) is 44.7 Å². The predicted molar refractivity (Wildman–Crippen MR) is 133 cm³/mol. The molecule has 2 aromatic heterocycles. The van der Waals surface area contributed by atoms with Gasteiger partial charge in [0.1, 0.15) is 0 Å². The first-order chi connectivity index (χ1) is 14.1. The SMILES string of the molecule is CC(C)Cc1cc(-c2cccc3c2oc2cc(C(C)C)ccc23)nc[c]1[Ge]([CH3])([CH3])[CH3]. The van der Waals surface area contributed by atoms with Crippen LogP contribution in [0.2, 0.25) is 17.3 Å². The molecule has 0 saturated carbocycles. The van der Waals surface area contributed by atoms with Gasteiger partial charge in [-0.25, -0.2) is 0 Å². The van der Waals surface area contributed by atoms with E-state index in [1.54, 1.807) is 0 Å². The molecule has 2 nitrogen and oxygen atoms in total. The van der Waals surface area contributed by atoms with Crippen LogP contribution in [0.15, 0.2) is 53.1 Å². The van der Waals surface area contributed by atoms with Crippen LogP contribution < -0.4 is 4.40 Å². The van der Waals surface area contributed by atoms with Crippen molar-refractivity contribution in [2.75, 3.05) is 0 Å². The van der Waals surface area contributed by atoms with Crippen LogP contribution in [0.4, 0.5) is 0 Å². The van der Waals surface area contributed by atoms with Crippen molar-refractivity contribution >= 4 is 39.6 Å². The summed E-state index contributed by atoms with van der Waals surface area (Å²) >= 11 is -1.99. The van der Waals surface area contributed by atoms with Crippen LogP contribution in [0, 0.1) is 5.92 Å². The number of pyridine rings is 1. The third-order valence-corrected chi connectivity index (χ3v) is 10.2. The Labute approximate surface area is 183 Å². The third kappa shape index (κ3) is 3.94. The molecular formula is C27H33GeNO. The fourth-order valence-electron chi connectivity index (χ4n) is 4.30. The van der Waals surface area contributed by atoms with Gasteiger partial charge in [-0.2, -0.15) is 0 Å². The van der Waals surface area contributed by atoms with E-state index in [0.29, 0.717) is 11.8 Å². The van der Waals surface area contributed by atoms with Gasteiger partial charge in [0.15, 0.2) is 0 Å². The Hall–Kier alpha value is -2.07. The van der Waals surface area contributed by atoms with Gasteiger partial charge in [0.2, 0.25) is 0 Å². The van der Waals surface area contributed by atoms with Crippen molar-refractivity contribution in [1.29, 1.82) is 0 Å². The van der Waals surface area contributed by atoms with E-state index < -0.39 is 13.3 Å². The Kier molecular flexibility index (Phi) is 5.56. The molecule has 30 heavy (non-hydrogen) atoms. The molecule has 0 aliphatic heterocycles. The van der Waals surface area contributed by atoms with E-state index in [9.17, 15) is 0 Å². The second-order valence-corrected chi connectivity index (χ2v) is 20.8. The molecular weight excluding hydrogens is 427 g/mol. The second kappa shape index (κ2) is 7.88. The molecule has 0 aliphatic carbocycles. The standard InChI is InChI=1S/C27H33GeNO/c1-17(2)13-20-14-25(29-16-24(20)28(5,6)7)23-10-8-9-22-21-12-11-19(18(3)4)15-26(21)30-27(22)23/h8-12,14-18H,13H2,1-7H3. The summed E-state index contributed by atoms with van der Waals surface area (Å²) in [6, 6.07) is 15.4. The summed E-state index contributed by atoms with van der Waals surface area (Å²) < 4.78 is 7.94. The molecule has 0 unspecified atom stereocenters. The molecule has 4 rings (SSSR count). The summed E-state index contributed by atoms with van der Waals surface area (Å²) in [5.41, 5.74) is 6.80. The summed E-state index contributed by atoms with van der Waals surface area (Å²) in [6.07, 6.45) is 3.26. The second-order valence-electron chi connectivity index (χ2n) is 10.3. The van der Waals surface area contributed by atoms with Crippen molar-refractivity contribution in [2.45, 2.75) is 57.3 Å². The molecule has 156 valence electrons. The van der Waals surface area contributed by atoms with E-state index >= 15 is 0 Å². The molecule has 0 spiro atoms. The van der Waals surface area contributed by atoms with Crippen LogP contribution >= 0.6 is 0 Å². The normalized spacial score (nSPS) is 12.6. The molecule has 3 heteroatoms. The Morgan fingerprint density at radius 1 is 0.933 bits per heavy atom. The fraction of sp³-hybridized carbons (Fsp3) is 0.370. The van der Waals surface area contributed by atoms with Gasteiger partial charge in [-0.05, 0) is 0 Å². The van der Waals surface area contributed by atoms with Gasteiger partial charge in [-0.3, -0.25) is 0 Å². The summed E-state index contributed by atoms with van der Waals surface area (Å²) in [5, 5.41) is 2.35. The third-order valence-electron chi connectivity index (χ3n) is 5.89. The van der Waals surface area contributed by atoms with Gasteiger partial charge in [0.05, 0.1) is 0 Å². The summed E-state index contributed by atoms with van der Waals surface area (Å²) in [6.45, 7) is 9.03. The number of nitrogens with zero attached hydrogens (tertiary/aromatic N) is 1. The van der Waals surface area contributed by atoms with Gasteiger partial charge in [0.25, 0.3) is 0 Å². The Morgan fingerprint density at radius 2 is 1.70 bits per heavy atom. The minimum atomic E-state index is -1.99. The van der Waals surface area contributed by atoms with E-state index in [2.05, 4.69) is 93.6 Å². The molecule has 4 aromatic rings. The van der Waals surface area contributed by atoms with E-state index in [-0.39, 0.29) is 0 Å². The molecule has 0 radical (unpaired) electrons. The zero-order chi connectivity index (χ0) is 21.6. The quantitative estimate of drug-likeness (QED) is 0.288. The summed E-state index contributed by atoms with van der Waals surface area (Å²) in [4.78, 5) is 4.94. The first-order valence-electron chi connectivity index (χ1n) is 11.1. The van der Waals surface area contributed by atoms with Gasteiger partial charge in [-0.15, -0.1) is 0 Å². The average molecular weight is 460 g/mol. The van der Waals surface area contributed by atoms with Gasteiger partial charge < -0.3 is 0 Å². The molecule has 0 N–H and O–H groups in total. The average Bonchev–Trinajstić information content (AvgIpc) is 3.04. The van der Waals surface area contributed by atoms with Crippen molar-refractivity contribution < 1.29 is 4.42 Å². The van der Waals surface area contributed by atoms with Crippen molar-refractivity contribution in [3.05, 3.63) is 59.8 Å². The predicted octanol–water partition coefficient (Wildman–Crippen LogP) is 7.52. The monoisotopic (exact) mass is 461 g/mol. The summed E-state index contributed by atoms with van der Waals surface area (Å²) in [7, 11) is 0. The number of rotatable bonds is 5. The number of hydrogen-bond acceptors (Lipinski definition) is 2. The van der Waals surface area contributed by atoms with Crippen molar-refractivity contribution in [2.24, 2.45) is 5.92 Å². The Bertz CT molecular complexity index is 1210. The minimum absolute atomic E-state index is 0.484. The topological polar surface area (TPSA) is 26.0 Å². The van der Waals surface area contributed by atoms with E-state index in [1.165, 1.54) is 26.3 Å². The van der Waals surface area contributed by atoms with Gasteiger partial charge in [-0.1, -0.05) is 0 Å². The number of furan rings is 1.